The van der Waals surface area contributed by atoms with Gasteiger partial charge in [0.15, 0.2) is 11.9 Å². The second-order valence-electron chi connectivity index (χ2n) is 18.9. The summed E-state index contributed by atoms with van der Waals surface area (Å²) in [6, 6.07) is 14.9. The molecule has 0 saturated heterocycles. The molecule has 2 aromatic carbocycles. The lowest BCUT2D eigenvalue weighted by molar-refractivity contribution is -0.211. The Bertz CT molecular complexity index is 2220. The molecule has 4 fully saturated rings. The number of carbonyl (C=O) groups is 3. The first-order valence-corrected chi connectivity index (χ1v) is 21.8. The molecule has 4 aliphatic rings. The van der Waals surface area contributed by atoms with Gasteiger partial charge in [-0.05, 0) is 153 Å². The fourth-order valence-electron chi connectivity index (χ4n) is 11.7. The molecular weight excluding hydrogens is 785 g/mol. The third-order valence-corrected chi connectivity index (χ3v) is 15.1. The van der Waals surface area contributed by atoms with E-state index < -0.39 is 29.6 Å². The lowest BCUT2D eigenvalue weighted by Gasteiger charge is -2.64. The number of hydrogen-bond donors (Lipinski definition) is 7. The van der Waals surface area contributed by atoms with Gasteiger partial charge in [0.2, 0.25) is 0 Å². The van der Waals surface area contributed by atoms with Crippen molar-refractivity contribution in [3.8, 4) is 11.8 Å². The number of aliphatic hydroxyl groups excluding tert-OH is 2. The molecule has 6 unspecified atom stereocenters. The van der Waals surface area contributed by atoms with Crippen molar-refractivity contribution in [3.63, 3.8) is 0 Å². The van der Waals surface area contributed by atoms with Gasteiger partial charge in [-0.1, -0.05) is 69.0 Å². The summed E-state index contributed by atoms with van der Waals surface area (Å²) in [6.45, 7) is 10.1. The number of ether oxygens (including phenoxy) is 1. The van der Waals surface area contributed by atoms with Gasteiger partial charge in [0.05, 0.1) is 12.2 Å². The highest BCUT2D eigenvalue weighted by Crippen LogP contribution is 2.69. The van der Waals surface area contributed by atoms with E-state index in [1.807, 2.05) is 30.3 Å². The van der Waals surface area contributed by atoms with E-state index in [4.69, 9.17) is 27.7 Å². The molecule has 0 spiro atoms. The minimum absolute atomic E-state index is 0.0117. The summed E-state index contributed by atoms with van der Waals surface area (Å²) in [7, 11) is 0. The maximum atomic E-state index is 12.7. The summed E-state index contributed by atoms with van der Waals surface area (Å²) < 4.78 is 5.57. The number of benzene rings is 2. The molecular formula is C49H64N6O7. The summed E-state index contributed by atoms with van der Waals surface area (Å²) in [6.07, 6.45) is 7.61. The number of rotatable bonds is 10. The van der Waals surface area contributed by atoms with Crippen LogP contribution < -0.4 is 22.9 Å². The molecule has 13 heteroatoms. The fraction of sp³-hybridized carbons (Fsp3) is 0.531. The highest BCUT2D eigenvalue weighted by Gasteiger charge is 2.66. The summed E-state index contributed by atoms with van der Waals surface area (Å²) in [5.41, 5.74) is 22.9. The predicted octanol–water partition coefficient (Wildman–Crippen LogP) is 4.94. The van der Waals surface area contributed by atoms with Gasteiger partial charge in [-0.3, -0.25) is 14.4 Å². The third-order valence-electron chi connectivity index (χ3n) is 15.1. The maximum Gasteiger partial charge on any atom is 0.306 e. The fourth-order valence-corrected chi connectivity index (χ4v) is 11.7. The molecule has 6 rings (SSSR count). The van der Waals surface area contributed by atoms with E-state index in [2.05, 4.69) is 42.6 Å². The molecule has 13 nitrogen and oxygen atoms in total. The van der Waals surface area contributed by atoms with Gasteiger partial charge < -0.3 is 43.0 Å². The first-order chi connectivity index (χ1) is 29.2. The first kappa shape index (κ1) is 46.2. The van der Waals surface area contributed by atoms with Crippen molar-refractivity contribution in [3.05, 3.63) is 81.9 Å². The molecule has 332 valence electrons. The largest absolute Gasteiger partial charge is 0.461 e. The molecule has 0 aromatic heterocycles. The number of nitrogens with zero attached hydrogens (tertiary/aromatic N) is 2. The van der Waals surface area contributed by atoms with E-state index >= 15 is 0 Å². The highest BCUT2D eigenvalue weighted by atomic mass is 16.5. The minimum Gasteiger partial charge on any atom is -0.461 e. The molecule has 0 radical (unpaired) electrons. The summed E-state index contributed by atoms with van der Waals surface area (Å²) in [5, 5.41) is 36.2. The van der Waals surface area contributed by atoms with E-state index in [1.165, 1.54) is 0 Å². The first-order valence-electron chi connectivity index (χ1n) is 21.8. The zero-order valence-electron chi connectivity index (χ0n) is 36.6. The Hall–Kier alpha value is -5.29. The van der Waals surface area contributed by atoms with Crippen molar-refractivity contribution < 1.29 is 34.4 Å². The molecule has 0 aliphatic heterocycles. The van der Waals surface area contributed by atoms with Gasteiger partial charge in [-0.15, -0.1) is 0 Å². The van der Waals surface area contributed by atoms with Crippen molar-refractivity contribution >= 4 is 41.9 Å². The van der Waals surface area contributed by atoms with Crippen molar-refractivity contribution in [2.45, 2.75) is 117 Å². The van der Waals surface area contributed by atoms with Crippen molar-refractivity contribution in [1.29, 1.82) is 0 Å². The van der Waals surface area contributed by atoms with Crippen LogP contribution in [0.2, 0.25) is 0 Å². The predicted molar refractivity (Wildman–Crippen MR) is 240 cm³/mol. The molecule has 4 aliphatic carbocycles. The Morgan fingerprint density at radius 3 is 2.18 bits per heavy atom. The van der Waals surface area contributed by atoms with Crippen LogP contribution in [0.25, 0.3) is 12.2 Å². The maximum absolute atomic E-state index is 12.7. The van der Waals surface area contributed by atoms with Gasteiger partial charge in [-0.2, -0.15) is 9.98 Å². The SMILES string of the molecule is C/C(=C/c1ccc(C#C[C@@]2(O)CC[C@@]3(C)C(C[C@@H](O)C4C3C[C@H](O)[C@]3(C)C(C(C)CCC(=O)OCc5ccccc5)CCC43)C2)cc1/C=C(/C)C(=O)N=C(N)N)C(=O)N=C(N)N. The Labute approximate surface area is 365 Å². The number of amides is 2. The third kappa shape index (κ3) is 9.83. The van der Waals surface area contributed by atoms with E-state index in [-0.39, 0.29) is 82.0 Å². The molecule has 4 saturated carbocycles. The van der Waals surface area contributed by atoms with Crippen LogP contribution in [0.15, 0.2) is 69.7 Å². The topological polar surface area (TPSA) is 250 Å². The Kier molecular flexibility index (Phi) is 13.9. The number of aliphatic imine (C=N–C) groups is 2. The Balaban J connectivity index is 1.17. The average molecular weight is 849 g/mol. The van der Waals surface area contributed by atoms with Crippen molar-refractivity contribution in [2.24, 2.45) is 79.3 Å². The lowest BCUT2D eigenvalue weighted by Crippen LogP contribution is -2.63. The second kappa shape index (κ2) is 18.6. The van der Waals surface area contributed by atoms with Crippen LogP contribution in [-0.2, 0) is 25.7 Å². The number of esters is 1. The summed E-state index contributed by atoms with van der Waals surface area (Å²) >= 11 is 0. The zero-order valence-corrected chi connectivity index (χ0v) is 36.6. The van der Waals surface area contributed by atoms with Gasteiger partial charge >= 0.3 is 5.97 Å². The van der Waals surface area contributed by atoms with Gasteiger partial charge in [0.25, 0.3) is 11.8 Å². The van der Waals surface area contributed by atoms with Crippen LogP contribution in [-0.4, -0.2) is 62.8 Å². The molecule has 11 atom stereocenters. The van der Waals surface area contributed by atoms with E-state index in [0.717, 1.165) is 18.4 Å². The minimum atomic E-state index is -1.31. The molecule has 62 heavy (non-hydrogen) atoms. The number of nitrogens with two attached hydrogens (primary N) is 4. The second-order valence-corrected chi connectivity index (χ2v) is 18.9. The molecule has 2 amide bonds. The van der Waals surface area contributed by atoms with Crippen molar-refractivity contribution in [2.75, 3.05) is 0 Å². The Morgan fingerprint density at radius 1 is 0.887 bits per heavy atom. The summed E-state index contributed by atoms with van der Waals surface area (Å²) in [4.78, 5) is 45.1. The highest BCUT2D eigenvalue weighted by molar-refractivity contribution is 6.05. The monoisotopic (exact) mass is 848 g/mol. The lowest BCUT2D eigenvalue weighted by atomic mass is 9.42. The molecule has 2 aromatic rings. The molecule has 0 heterocycles. The van der Waals surface area contributed by atoms with E-state index in [9.17, 15) is 29.7 Å². The van der Waals surface area contributed by atoms with Gasteiger partial charge in [0, 0.05) is 23.1 Å². The number of carbonyl (C=O) groups excluding carboxylic acids is 3. The number of hydrogen-bond acceptors (Lipinski definition) is 7. The van der Waals surface area contributed by atoms with Crippen LogP contribution in [0.1, 0.15) is 115 Å². The molecule has 11 N–H and O–H groups in total. The van der Waals surface area contributed by atoms with Crippen LogP contribution in [0.5, 0.6) is 0 Å². The molecule has 0 bridgehead atoms. The van der Waals surface area contributed by atoms with Crippen LogP contribution >= 0.6 is 0 Å². The van der Waals surface area contributed by atoms with Crippen LogP contribution in [0.4, 0.5) is 0 Å². The number of fused-ring (bicyclic) bond motifs is 5. The van der Waals surface area contributed by atoms with Crippen LogP contribution in [0.3, 0.4) is 0 Å². The van der Waals surface area contributed by atoms with Crippen LogP contribution in [0, 0.1) is 58.2 Å². The summed E-state index contributed by atoms with van der Waals surface area (Å²) in [5.74, 6) is 4.82. The normalized spacial score (nSPS) is 32.1. The van der Waals surface area contributed by atoms with Gasteiger partial charge in [-0.25, -0.2) is 0 Å². The Morgan fingerprint density at radius 2 is 1.53 bits per heavy atom. The zero-order chi connectivity index (χ0) is 45.1. The van der Waals surface area contributed by atoms with Crippen molar-refractivity contribution in [1.82, 2.24) is 0 Å². The number of guanidine groups is 2. The van der Waals surface area contributed by atoms with E-state index in [0.29, 0.717) is 61.6 Å². The average Bonchev–Trinajstić information content (AvgIpc) is 3.58. The number of aliphatic hydroxyl groups is 3. The smallest absolute Gasteiger partial charge is 0.306 e. The van der Waals surface area contributed by atoms with E-state index in [1.54, 1.807) is 44.2 Å². The van der Waals surface area contributed by atoms with Gasteiger partial charge in [0.1, 0.15) is 12.2 Å². The quantitative estimate of drug-likeness (QED) is 0.0555. The standard InChI is InChI=1S/C49H64N6O7/c1-28(11-16-41(58)62-27-32-9-7-6-8-10-32)36-14-15-37-42-38(25-40(57)48(36,37)5)47(4)19-20-49(61,26-35(47)24-39(42)56)18-17-31-12-13-33(21-29(2)43(59)54-45(50)51)34(23-31)22-30(3)44(60)55-46(52)53/h6-10,12-13,21-23,28,35-40,42,56-57,61H,11,14-16,19-20,24-27H2,1-5H3,(H4,50,51,54,59)(H4,52,53,55,60)/b29-21-,30-22-/t28?,35?,36?,37?,38?,39-,40+,42?,47+,48-,49-/m1/s1.